The first kappa shape index (κ1) is 16.3. The molecule has 22 heavy (non-hydrogen) atoms. The first-order valence-electron chi connectivity index (χ1n) is 6.10. The van der Waals surface area contributed by atoms with E-state index < -0.39 is 11.3 Å². The van der Waals surface area contributed by atoms with Crippen molar-refractivity contribution in [2.24, 2.45) is 0 Å². The Kier molecular flexibility index (Phi) is 5.35. The Morgan fingerprint density at radius 1 is 1.09 bits per heavy atom. The predicted octanol–water partition coefficient (Wildman–Crippen LogP) is 3.13. The monoisotopic (exact) mass is 343 g/mol. The van der Waals surface area contributed by atoms with Crippen molar-refractivity contribution >= 4 is 28.6 Å². The van der Waals surface area contributed by atoms with Crippen LogP contribution in [0.4, 0.5) is 5.69 Å². The van der Waals surface area contributed by atoms with Gasteiger partial charge >= 0.3 is 11.3 Å². The Labute approximate surface area is 135 Å². The van der Waals surface area contributed by atoms with Gasteiger partial charge in [-0.15, -0.1) is 0 Å². The van der Waals surface area contributed by atoms with Crippen LogP contribution in [0.5, 0.6) is 23.0 Å². The largest absolute Gasteiger partial charge is 0.503 e. The van der Waals surface area contributed by atoms with Gasteiger partial charge in [-0.25, -0.2) is 0 Å². The van der Waals surface area contributed by atoms with E-state index in [4.69, 9.17) is 25.3 Å². The number of methoxy groups -OCH3 is 2. The van der Waals surface area contributed by atoms with Crippen molar-refractivity contribution < 1.29 is 23.0 Å². The summed E-state index contributed by atoms with van der Waals surface area (Å²) in [5.74, 6) is 1.05. The summed E-state index contributed by atoms with van der Waals surface area (Å²) in [7, 11) is 2.94. The zero-order valence-electron chi connectivity index (χ0n) is 11.8. The second kappa shape index (κ2) is 7.24. The molecule has 0 aliphatic rings. The van der Waals surface area contributed by atoms with E-state index in [1.807, 2.05) is 0 Å². The van der Waals surface area contributed by atoms with E-state index in [1.54, 1.807) is 31.4 Å². The van der Waals surface area contributed by atoms with Gasteiger partial charge in [-0.1, -0.05) is 11.6 Å². The van der Waals surface area contributed by atoms with Crippen LogP contribution < -0.4 is 18.4 Å². The lowest BCUT2D eigenvalue weighted by atomic mass is 10.3. The fourth-order valence-electron chi connectivity index (χ4n) is 1.62. The maximum Gasteiger partial charge on any atom is 0.316 e. The van der Waals surface area contributed by atoms with Crippen LogP contribution in [-0.4, -0.2) is 23.5 Å². The first-order chi connectivity index (χ1) is 10.5. The van der Waals surface area contributed by atoms with Gasteiger partial charge in [0.05, 0.1) is 24.9 Å². The van der Waals surface area contributed by atoms with E-state index in [0.29, 0.717) is 17.2 Å². The first-order valence-corrected chi connectivity index (χ1v) is 7.56. The van der Waals surface area contributed by atoms with Crippen molar-refractivity contribution in [2.45, 2.75) is 0 Å². The van der Waals surface area contributed by atoms with Gasteiger partial charge < -0.3 is 18.8 Å². The average Bonchev–Trinajstić information content (AvgIpc) is 2.51. The van der Waals surface area contributed by atoms with E-state index in [9.17, 15) is 9.32 Å². The molecule has 0 heterocycles. The highest BCUT2D eigenvalue weighted by Gasteiger charge is 2.11. The van der Waals surface area contributed by atoms with Gasteiger partial charge in [-0.2, -0.15) is 4.21 Å². The highest BCUT2D eigenvalue weighted by molar-refractivity contribution is 7.81. The molecule has 118 valence electrons. The van der Waals surface area contributed by atoms with Crippen molar-refractivity contribution in [1.29, 1.82) is 0 Å². The number of nitrogens with one attached hydrogen (secondary N) is 1. The maximum absolute atomic E-state index is 11.9. The third-order valence-corrected chi connectivity index (χ3v) is 3.72. The SMILES string of the molecule is COc1ccc(OS(=O)Nc2cc(Cl)c(O)c(OC)c2)cc1. The Balaban J connectivity index is 2.06. The molecule has 0 bridgehead atoms. The summed E-state index contributed by atoms with van der Waals surface area (Å²) in [6.07, 6.45) is 0. The summed E-state index contributed by atoms with van der Waals surface area (Å²) in [4.78, 5) is 0. The van der Waals surface area contributed by atoms with Crippen molar-refractivity contribution in [3.63, 3.8) is 0 Å². The number of benzene rings is 2. The van der Waals surface area contributed by atoms with E-state index in [-0.39, 0.29) is 16.5 Å². The van der Waals surface area contributed by atoms with E-state index in [1.165, 1.54) is 19.2 Å². The van der Waals surface area contributed by atoms with Crippen molar-refractivity contribution in [3.8, 4) is 23.0 Å². The normalized spacial score (nSPS) is 11.6. The van der Waals surface area contributed by atoms with Crippen molar-refractivity contribution in [2.75, 3.05) is 18.9 Å². The minimum atomic E-state index is -1.84. The summed E-state index contributed by atoms with van der Waals surface area (Å²) in [5.41, 5.74) is 0.381. The molecule has 0 aliphatic heterocycles. The number of phenols is 1. The number of aromatic hydroxyl groups is 1. The lowest BCUT2D eigenvalue weighted by molar-refractivity contribution is 0.374. The molecule has 0 fully saturated rings. The molecule has 0 aliphatic carbocycles. The molecule has 0 aromatic heterocycles. The molecule has 0 saturated carbocycles. The fraction of sp³-hybridized carbons (Fsp3) is 0.143. The van der Waals surface area contributed by atoms with Crippen molar-refractivity contribution in [1.82, 2.24) is 0 Å². The van der Waals surface area contributed by atoms with E-state index >= 15 is 0 Å². The topological polar surface area (TPSA) is 77.0 Å². The second-order valence-corrected chi connectivity index (χ2v) is 5.35. The highest BCUT2D eigenvalue weighted by Crippen LogP contribution is 2.36. The van der Waals surface area contributed by atoms with Crippen LogP contribution in [0.3, 0.4) is 0 Å². The molecule has 2 N–H and O–H groups in total. The summed E-state index contributed by atoms with van der Waals surface area (Å²) in [5, 5.41) is 9.71. The van der Waals surface area contributed by atoms with Gasteiger partial charge in [-0.3, -0.25) is 4.72 Å². The molecule has 2 rings (SSSR count). The molecule has 0 spiro atoms. The second-order valence-electron chi connectivity index (χ2n) is 4.10. The van der Waals surface area contributed by atoms with Gasteiger partial charge in [0, 0.05) is 6.07 Å². The summed E-state index contributed by atoms with van der Waals surface area (Å²) in [6, 6.07) is 9.50. The molecule has 2 aromatic rings. The number of hydrogen-bond donors (Lipinski definition) is 2. The summed E-state index contributed by atoms with van der Waals surface area (Å²) < 4.78 is 29.7. The predicted molar refractivity (Wildman–Crippen MR) is 85.1 cm³/mol. The molecule has 0 amide bonds. The van der Waals surface area contributed by atoms with Crippen LogP contribution in [0.15, 0.2) is 36.4 Å². The molecule has 2 aromatic carbocycles. The molecule has 1 atom stereocenters. The summed E-state index contributed by atoms with van der Waals surface area (Å²) in [6.45, 7) is 0. The number of hydrogen-bond acceptors (Lipinski definition) is 5. The van der Waals surface area contributed by atoms with Crippen LogP contribution in [0.25, 0.3) is 0 Å². The number of ether oxygens (including phenoxy) is 2. The third-order valence-electron chi connectivity index (χ3n) is 2.68. The molecule has 0 saturated heterocycles. The fourth-order valence-corrected chi connectivity index (χ4v) is 2.47. The Morgan fingerprint density at radius 3 is 2.32 bits per heavy atom. The lowest BCUT2D eigenvalue weighted by Crippen LogP contribution is -2.11. The molecular formula is C14H14ClNO5S. The summed E-state index contributed by atoms with van der Waals surface area (Å²) >= 11 is 4.01. The van der Waals surface area contributed by atoms with Gasteiger partial charge in [0.15, 0.2) is 11.5 Å². The van der Waals surface area contributed by atoms with Gasteiger partial charge in [-0.05, 0) is 30.3 Å². The zero-order valence-corrected chi connectivity index (χ0v) is 13.4. The van der Waals surface area contributed by atoms with E-state index in [0.717, 1.165) is 0 Å². The average molecular weight is 344 g/mol. The number of halogens is 1. The van der Waals surface area contributed by atoms with Gasteiger partial charge in [0.1, 0.15) is 11.5 Å². The Hall–Kier alpha value is -2.12. The van der Waals surface area contributed by atoms with Crippen LogP contribution in [0.1, 0.15) is 0 Å². The molecule has 1 unspecified atom stereocenters. The minimum Gasteiger partial charge on any atom is -0.503 e. The highest BCUT2D eigenvalue weighted by atomic mass is 35.5. The molecule has 6 nitrogen and oxygen atoms in total. The van der Waals surface area contributed by atoms with E-state index in [2.05, 4.69) is 4.72 Å². The number of anilines is 1. The van der Waals surface area contributed by atoms with Crippen molar-refractivity contribution in [3.05, 3.63) is 41.4 Å². The molecule has 8 heteroatoms. The zero-order chi connectivity index (χ0) is 16.1. The standard InChI is InChI=1S/C14H14ClNO5S/c1-19-10-3-5-11(6-4-10)21-22(18)16-9-7-12(15)14(17)13(8-9)20-2/h3-8,16-17H,1-2H3. The molecule has 0 radical (unpaired) electrons. The Morgan fingerprint density at radius 2 is 1.73 bits per heavy atom. The quantitative estimate of drug-likeness (QED) is 0.788. The van der Waals surface area contributed by atoms with Crippen LogP contribution in [0, 0.1) is 0 Å². The lowest BCUT2D eigenvalue weighted by Gasteiger charge is -2.10. The molecular weight excluding hydrogens is 330 g/mol. The van der Waals surface area contributed by atoms with Gasteiger partial charge in [0.2, 0.25) is 0 Å². The van der Waals surface area contributed by atoms with Crippen LogP contribution in [-0.2, 0) is 11.3 Å². The maximum atomic E-state index is 11.9. The van der Waals surface area contributed by atoms with Gasteiger partial charge in [0.25, 0.3) is 0 Å². The Bertz CT molecular complexity index is 678. The third kappa shape index (κ3) is 3.96. The smallest absolute Gasteiger partial charge is 0.316 e. The minimum absolute atomic E-state index is 0.0725. The number of phenolic OH excluding ortho intramolecular Hbond substituents is 1. The van der Waals surface area contributed by atoms with Crippen LogP contribution in [0.2, 0.25) is 5.02 Å². The number of rotatable bonds is 6. The van der Waals surface area contributed by atoms with Crippen LogP contribution >= 0.6 is 11.6 Å².